The Balaban J connectivity index is 0. The molecular weight excluding hydrogens is 188 g/mol. The smallest absolute Gasteiger partial charge is 0.791 e. The first-order chi connectivity index (χ1) is 2.56. The average Bonchev–Trinajstić information content (AvgIpc) is 1.35. The zero-order chi connectivity index (χ0) is 5.21. The van der Waals surface area contributed by atoms with Crippen molar-refractivity contribution in [1.82, 2.24) is 0 Å². The van der Waals surface area contributed by atoms with Crippen molar-refractivity contribution in [1.29, 1.82) is 0 Å². The fourth-order valence-corrected chi connectivity index (χ4v) is 0. The maximum atomic E-state index is 9.28. The van der Waals surface area contributed by atoms with Crippen molar-refractivity contribution in [3.63, 3.8) is 0 Å². The summed E-state index contributed by atoms with van der Waals surface area (Å²) in [6, 6.07) is 0. The number of phosphoric acid groups is 1. The average molecular weight is 191 g/mol. The first-order valence-electron chi connectivity index (χ1n) is 1.14. The van der Waals surface area contributed by atoms with Crippen molar-refractivity contribution < 1.29 is 38.0 Å². The van der Waals surface area contributed by atoms with Crippen LogP contribution in [0.25, 0.3) is 0 Å². The van der Waals surface area contributed by atoms with Crippen LogP contribution in [-0.2, 0) is 28.3 Å². The molecular formula is H3O4PSiZn. The van der Waals surface area contributed by atoms with Crippen molar-refractivity contribution in [3.8, 4) is 0 Å². The van der Waals surface area contributed by atoms with Gasteiger partial charge in [0.05, 0.1) is 0 Å². The van der Waals surface area contributed by atoms with Crippen LogP contribution in [0.1, 0.15) is 0 Å². The van der Waals surface area contributed by atoms with E-state index in [0.29, 0.717) is 0 Å². The monoisotopic (exact) mass is 190 g/mol. The summed E-state index contributed by atoms with van der Waals surface area (Å²) in [7, 11) is -4.62. The molecule has 0 atom stereocenters. The zero-order valence-corrected chi connectivity index (χ0v) is 9.65. The van der Waals surface area contributed by atoms with Crippen LogP contribution in [0.4, 0.5) is 0 Å². The quantitative estimate of drug-likeness (QED) is 0.329. The molecule has 0 spiro atoms. The molecule has 0 N–H and O–H groups in total. The summed E-state index contributed by atoms with van der Waals surface area (Å²) in [6.45, 7) is 0. The van der Waals surface area contributed by atoms with Gasteiger partial charge in [0, 0.05) is 7.82 Å². The van der Waals surface area contributed by atoms with Crippen molar-refractivity contribution in [3.05, 3.63) is 0 Å². The Bertz CT molecular complexity index is 75.8. The Kier molecular flexibility index (Phi) is 6.03. The van der Waals surface area contributed by atoms with Gasteiger partial charge in [0.2, 0.25) is 0 Å². The van der Waals surface area contributed by atoms with Crippen LogP contribution in [-0.4, -0.2) is 10.5 Å². The van der Waals surface area contributed by atoms with Gasteiger partial charge in [-0.3, -0.25) is 0 Å². The molecule has 0 aromatic heterocycles. The Morgan fingerprint density at radius 1 is 1.57 bits per heavy atom. The van der Waals surface area contributed by atoms with E-state index in [1.165, 1.54) is 0 Å². The molecule has 0 unspecified atom stereocenters. The molecule has 0 aromatic carbocycles. The summed E-state index contributed by atoms with van der Waals surface area (Å²) in [5.41, 5.74) is 0. The van der Waals surface area contributed by atoms with Gasteiger partial charge in [-0.05, 0) is 0 Å². The normalized spacial score (nSPS) is 10.6. The summed E-state index contributed by atoms with van der Waals surface area (Å²) in [5, 5.41) is 0. The van der Waals surface area contributed by atoms with E-state index in [2.05, 4.69) is 4.21 Å². The molecule has 0 amide bonds. The molecule has 0 fully saturated rings. The minimum absolute atomic E-state index is 0. The van der Waals surface area contributed by atoms with Gasteiger partial charge >= 0.3 is 19.5 Å². The van der Waals surface area contributed by atoms with Crippen LogP contribution in [0.3, 0.4) is 0 Å². The van der Waals surface area contributed by atoms with Crippen LogP contribution in [0.2, 0.25) is 0 Å². The maximum Gasteiger partial charge on any atom is 2.00 e. The molecule has 7 heavy (non-hydrogen) atoms. The molecule has 0 bridgehead atoms. The molecule has 4 nitrogen and oxygen atoms in total. The third-order valence-electron chi connectivity index (χ3n) is 0.224. The summed E-state index contributed by atoms with van der Waals surface area (Å²) in [6.07, 6.45) is 0. The molecule has 0 aliphatic heterocycles. The van der Waals surface area contributed by atoms with E-state index in [4.69, 9.17) is 0 Å². The van der Waals surface area contributed by atoms with Crippen molar-refractivity contribution in [2.75, 3.05) is 0 Å². The van der Waals surface area contributed by atoms with Crippen molar-refractivity contribution in [2.45, 2.75) is 0 Å². The molecule has 0 rings (SSSR count). The van der Waals surface area contributed by atoms with E-state index in [1.54, 1.807) is 0 Å². The molecule has 7 heteroatoms. The van der Waals surface area contributed by atoms with Crippen LogP contribution >= 0.6 is 7.82 Å². The van der Waals surface area contributed by atoms with Gasteiger partial charge in [-0.2, -0.15) is 0 Å². The van der Waals surface area contributed by atoms with Gasteiger partial charge in [-0.15, -0.1) is 0 Å². The van der Waals surface area contributed by atoms with Crippen molar-refractivity contribution >= 4 is 18.3 Å². The van der Waals surface area contributed by atoms with Crippen LogP contribution in [0.15, 0.2) is 0 Å². The fraction of sp³-hybridized carbons (Fsp3) is 0. The summed E-state index contributed by atoms with van der Waals surface area (Å²) in [5.74, 6) is 0. The van der Waals surface area contributed by atoms with E-state index in [1.807, 2.05) is 0 Å². The summed E-state index contributed by atoms with van der Waals surface area (Å²) in [4.78, 5) is 18.6. The van der Waals surface area contributed by atoms with E-state index in [0.717, 1.165) is 0 Å². The first kappa shape index (κ1) is 10.8. The second-order valence-corrected chi connectivity index (χ2v) is 2.98. The predicted octanol–water partition coefficient (Wildman–Crippen LogP) is -2.89. The zero-order valence-electron chi connectivity index (χ0n) is 3.79. The molecule has 38 valence electrons. The van der Waals surface area contributed by atoms with Crippen molar-refractivity contribution in [2.24, 2.45) is 0 Å². The SMILES string of the molecule is O=P([O-])([O-])O[SiH3].[Zn+2]. The number of rotatable bonds is 1. The summed E-state index contributed by atoms with van der Waals surface area (Å²) >= 11 is 0. The minimum atomic E-state index is -4.58. The van der Waals surface area contributed by atoms with Gasteiger partial charge in [-0.1, -0.05) is 0 Å². The molecule has 0 aliphatic carbocycles. The molecule has 0 aliphatic rings. The first-order valence-corrected chi connectivity index (χ1v) is 3.42. The maximum absolute atomic E-state index is 9.28. The molecule has 0 saturated heterocycles. The van der Waals surface area contributed by atoms with Gasteiger partial charge in [-0.25, -0.2) is 0 Å². The predicted molar refractivity (Wildman–Crippen MR) is 18.6 cm³/mol. The van der Waals surface area contributed by atoms with Gasteiger partial charge in [0.25, 0.3) is 0 Å². The Morgan fingerprint density at radius 3 is 1.71 bits per heavy atom. The summed E-state index contributed by atoms with van der Waals surface area (Å²) < 4.78 is 12.8. The molecule has 0 radical (unpaired) electrons. The van der Waals surface area contributed by atoms with Gasteiger partial charge < -0.3 is 18.6 Å². The van der Waals surface area contributed by atoms with Gasteiger partial charge in [0.1, 0.15) is 0 Å². The van der Waals surface area contributed by atoms with E-state index < -0.39 is 7.82 Å². The largest absolute Gasteiger partial charge is 2.00 e. The van der Waals surface area contributed by atoms with E-state index in [9.17, 15) is 14.4 Å². The Labute approximate surface area is 56.8 Å². The van der Waals surface area contributed by atoms with E-state index >= 15 is 0 Å². The standard InChI is InChI=1S/H5O4PSi.Zn/c1-5(2,3)4-6;/h6H3,(H2,1,2,3);/q;+2/p-2. The second kappa shape index (κ2) is 3.89. The number of hydrogen-bond donors (Lipinski definition) is 0. The number of hydrogen-bond acceptors (Lipinski definition) is 4. The van der Waals surface area contributed by atoms with Crippen LogP contribution < -0.4 is 9.79 Å². The fourth-order valence-electron chi connectivity index (χ4n) is 0. The minimum Gasteiger partial charge on any atom is -0.791 e. The van der Waals surface area contributed by atoms with Crippen LogP contribution in [0.5, 0.6) is 0 Å². The van der Waals surface area contributed by atoms with E-state index in [-0.39, 0.29) is 30.0 Å². The molecule has 0 aromatic rings. The molecule has 0 heterocycles. The molecule has 0 saturated carbocycles. The van der Waals surface area contributed by atoms with Crippen LogP contribution in [0, 0.1) is 0 Å². The Morgan fingerprint density at radius 2 is 1.71 bits per heavy atom. The third kappa shape index (κ3) is 10.9. The topological polar surface area (TPSA) is 72.4 Å². The Hall–Kier alpha value is 0.950. The third-order valence-corrected chi connectivity index (χ3v) is 2.01. The van der Waals surface area contributed by atoms with Gasteiger partial charge in [0.15, 0.2) is 10.5 Å². The second-order valence-electron chi connectivity index (χ2n) is 0.630.